The van der Waals surface area contributed by atoms with Crippen LogP contribution in [0, 0.1) is 20.8 Å². The van der Waals surface area contributed by atoms with Gasteiger partial charge in [0.15, 0.2) is 0 Å². The Labute approximate surface area is 103 Å². The molecule has 0 saturated carbocycles. The van der Waals surface area contributed by atoms with E-state index in [4.69, 9.17) is 0 Å². The van der Waals surface area contributed by atoms with Gasteiger partial charge in [0.2, 0.25) is 0 Å². The molecule has 1 heteroatoms. The number of benzene rings is 2. The summed E-state index contributed by atoms with van der Waals surface area (Å²) in [5.41, 5.74) is 5.68. The molecule has 0 bridgehead atoms. The van der Waals surface area contributed by atoms with Gasteiger partial charge >= 0.3 is 0 Å². The summed E-state index contributed by atoms with van der Waals surface area (Å²) in [7, 11) is 0. The molecule has 2 aromatic rings. The van der Waals surface area contributed by atoms with E-state index in [1.807, 2.05) is 19.9 Å². The van der Waals surface area contributed by atoms with Crippen molar-refractivity contribution in [2.45, 2.75) is 27.2 Å². The van der Waals surface area contributed by atoms with Crippen LogP contribution in [0.3, 0.4) is 0 Å². The van der Waals surface area contributed by atoms with Crippen LogP contribution in [0.15, 0.2) is 36.4 Å². The third-order valence-electron chi connectivity index (χ3n) is 3.26. The summed E-state index contributed by atoms with van der Waals surface area (Å²) in [6.07, 6.45) is 0.875. The summed E-state index contributed by atoms with van der Waals surface area (Å²) in [4.78, 5) is 0. The summed E-state index contributed by atoms with van der Waals surface area (Å²) in [6.45, 7) is 6.00. The molecular formula is C16H18O. The van der Waals surface area contributed by atoms with Gasteiger partial charge in [0.1, 0.15) is 5.75 Å². The molecule has 0 unspecified atom stereocenters. The molecule has 0 spiro atoms. The lowest BCUT2D eigenvalue weighted by Crippen LogP contribution is -1.93. The molecule has 0 saturated heterocycles. The Morgan fingerprint density at radius 3 is 2.18 bits per heavy atom. The highest BCUT2D eigenvalue weighted by Gasteiger charge is 2.06. The summed E-state index contributed by atoms with van der Waals surface area (Å²) >= 11 is 0. The van der Waals surface area contributed by atoms with E-state index in [9.17, 15) is 5.11 Å². The number of rotatable bonds is 2. The van der Waals surface area contributed by atoms with Crippen LogP contribution in [0.1, 0.15) is 27.8 Å². The Bertz CT molecular complexity index is 524. The Kier molecular flexibility index (Phi) is 3.19. The van der Waals surface area contributed by atoms with Crippen LogP contribution in [0.4, 0.5) is 0 Å². The predicted molar refractivity (Wildman–Crippen MR) is 71.6 cm³/mol. The lowest BCUT2D eigenvalue weighted by atomic mass is 9.97. The fourth-order valence-electron chi connectivity index (χ4n) is 1.99. The fourth-order valence-corrected chi connectivity index (χ4v) is 1.99. The molecule has 0 atom stereocenters. The van der Waals surface area contributed by atoms with Crippen molar-refractivity contribution >= 4 is 0 Å². The third-order valence-corrected chi connectivity index (χ3v) is 3.26. The van der Waals surface area contributed by atoms with Crippen LogP contribution in [0.2, 0.25) is 0 Å². The highest BCUT2D eigenvalue weighted by molar-refractivity contribution is 5.45. The quantitative estimate of drug-likeness (QED) is 0.823. The smallest absolute Gasteiger partial charge is 0.121 e. The maximum atomic E-state index is 9.91. The molecule has 1 N–H and O–H groups in total. The molecule has 0 aliphatic heterocycles. The van der Waals surface area contributed by atoms with Gasteiger partial charge in [-0.25, -0.2) is 0 Å². The molecule has 0 fully saturated rings. The zero-order valence-corrected chi connectivity index (χ0v) is 10.6. The summed E-state index contributed by atoms with van der Waals surface area (Å²) in [5.74, 6) is 0.426. The van der Waals surface area contributed by atoms with Gasteiger partial charge in [-0.05, 0) is 49.4 Å². The second-order valence-corrected chi connectivity index (χ2v) is 4.68. The molecular weight excluding hydrogens is 208 g/mol. The Hall–Kier alpha value is -1.76. The van der Waals surface area contributed by atoms with E-state index in [1.165, 1.54) is 16.7 Å². The highest BCUT2D eigenvalue weighted by atomic mass is 16.3. The van der Waals surface area contributed by atoms with E-state index in [0.717, 1.165) is 17.5 Å². The van der Waals surface area contributed by atoms with Crippen LogP contribution in [-0.2, 0) is 6.42 Å². The van der Waals surface area contributed by atoms with Crippen LogP contribution in [0.25, 0.3) is 0 Å². The summed E-state index contributed by atoms with van der Waals surface area (Å²) in [5, 5.41) is 9.91. The zero-order valence-electron chi connectivity index (χ0n) is 10.6. The van der Waals surface area contributed by atoms with Crippen molar-refractivity contribution in [3.05, 3.63) is 64.2 Å². The van der Waals surface area contributed by atoms with Crippen molar-refractivity contribution < 1.29 is 5.11 Å². The lowest BCUT2D eigenvalue weighted by molar-refractivity contribution is 0.466. The predicted octanol–water partition coefficient (Wildman–Crippen LogP) is 3.91. The number of hydrogen-bond acceptors (Lipinski definition) is 1. The number of aromatic hydroxyl groups is 1. The summed E-state index contributed by atoms with van der Waals surface area (Å²) in [6, 6.07) is 12.6. The number of hydrogen-bond donors (Lipinski definition) is 1. The fraction of sp³-hybridized carbons (Fsp3) is 0.250. The topological polar surface area (TPSA) is 20.2 Å². The molecule has 88 valence electrons. The molecule has 0 heterocycles. The van der Waals surface area contributed by atoms with Crippen LogP contribution in [-0.4, -0.2) is 5.11 Å². The second kappa shape index (κ2) is 4.62. The van der Waals surface area contributed by atoms with Gasteiger partial charge < -0.3 is 5.11 Å². The van der Waals surface area contributed by atoms with Crippen molar-refractivity contribution in [1.82, 2.24) is 0 Å². The first kappa shape index (κ1) is 11.7. The Balaban J connectivity index is 2.30. The van der Waals surface area contributed by atoms with E-state index in [0.29, 0.717) is 5.75 Å². The molecule has 2 rings (SSSR count). The van der Waals surface area contributed by atoms with Gasteiger partial charge in [0.25, 0.3) is 0 Å². The summed E-state index contributed by atoms with van der Waals surface area (Å²) < 4.78 is 0. The van der Waals surface area contributed by atoms with E-state index in [2.05, 4.69) is 37.3 Å². The van der Waals surface area contributed by atoms with E-state index in [-0.39, 0.29) is 0 Å². The monoisotopic (exact) mass is 226 g/mol. The van der Waals surface area contributed by atoms with Gasteiger partial charge in [-0.3, -0.25) is 0 Å². The molecule has 0 amide bonds. The first-order valence-electron chi connectivity index (χ1n) is 5.91. The second-order valence-electron chi connectivity index (χ2n) is 4.68. The lowest BCUT2D eigenvalue weighted by Gasteiger charge is -2.10. The zero-order chi connectivity index (χ0) is 12.4. The Morgan fingerprint density at radius 2 is 1.53 bits per heavy atom. The standard InChI is InChI=1S/C16H18O/c1-11-4-7-14(8-5-11)10-15-9-6-12(2)16(17)13(15)3/h4-9,17H,10H2,1-3H3. The van der Waals surface area contributed by atoms with Gasteiger partial charge in [-0.15, -0.1) is 0 Å². The largest absolute Gasteiger partial charge is 0.507 e. The van der Waals surface area contributed by atoms with Crippen molar-refractivity contribution in [2.75, 3.05) is 0 Å². The number of phenols is 1. The first-order chi connectivity index (χ1) is 8.08. The van der Waals surface area contributed by atoms with Crippen LogP contribution < -0.4 is 0 Å². The minimum atomic E-state index is 0.426. The van der Waals surface area contributed by atoms with Crippen molar-refractivity contribution in [1.29, 1.82) is 0 Å². The number of aryl methyl sites for hydroxylation is 2. The first-order valence-corrected chi connectivity index (χ1v) is 5.91. The van der Waals surface area contributed by atoms with Crippen LogP contribution in [0.5, 0.6) is 5.75 Å². The third kappa shape index (κ3) is 2.50. The van der Waals surface area contributed by atoms with Crippen molar-refractivity contribution in [2.24, 2.45) is 0 Å². The number of phenolic OH excluding ortho intramolecular Hbond substituents is 1. The average Bonchev–Trinajstić information content (AvgIpc) is 2.33. The van der Waals surface area contributed by atoms with Crippen molar-refractivity contribution in [3.8, 4) is 5.75 Å². The molecule has 0 aliphatic carbocycles. The maximum Gasteiger partial charge on any atom is 0.121 e. The highest BCUT2D eigenvalue weighted by Crippen LogP contribution is 2.26. The average molecular weight is 226 g/mol. The van der Waals surface area contributed by atoms with Crippen molar-refractivity contribution in [3.63, 3.8) is 0 Å². The van der Waals surface area contributed by atoms with Gasteiger partial charge in [-0.1, -0.05) is 42.0 Å². The SMILES string of the molecule is Cc1ccc(Cc2ccc(C)c(O)c2C)cc1. The normalized spacial score (nSPS) is 10.5. The molecule has 0 aromatic heterocycles. The van der Waals surface area contributed by atoms with E-state index < -0.39 is 0 Å². The molecule has 0 radical (unpaired) electrons. The van der Waals surface area contributed by atoms with Gasteiger partial charge in [0, 0.05) is 0 Å². The van der Waals surface area contributed by atoms with Gasteiger partial charge in [-0.2, -0.15) is 0 Å². The minimum absolute atomic E-state index is 0.426. The Morgan fingerprint density at radius 1 is 0.882 bits per heavy atom. The maximum absolute atomic E-state index is 9.91. The van der Waals surface area contributed by atoms with E-state index >= 15 is 0 Å². The van der Waals surface area contributed by atoms with Gasteiger partial charge in [0.05, 0.1) is 0 Å². The molecule has 0 aliphatic rings. The van der Waals surface area contributed by atoms with E-state index in [1.54, 1.807) is 0 Å². The molecule has 17 heavy (non-hydrogen) atoms. The molecule has 2 aromatic carbocycles. The minimum Gasteiger partial charge on any atom is -0.507 e. The van der Waals surface area contributed by atoms with Crippen LogP contribution >= 0.6 is 0 Å². The molecule has 1 nitrogen and oxygen atoms in total.